The number of pyridine rings is 1. The fraction of sp³-hybridized carbons (Fsp3) is 0. The van der Waals surface area contributed by atoms with Gasteiger partial charge in [-0.25, -0.2) is 14.1 Å². The van der Waals surface area contributed by atoms with Crippen LogP contribution in [0.25, 0.3) is 5.82 Å². The minimum absolute atomic E-state index is 0.0706. The van der Waals surface area contributed by atoms with Gasteiger partial charge in [-0.15, -0.1) is 0 Å². The average molecular weight is 232 g/mol. The van der Waals surface area contributed by atoms with Gasteiger partial charge >= 0.3 is 0 Å². The Morgan fingerprint density at radius 3 is 2.57 bits per heavy atom. The van der Waals surface area contributed by atoms with Crippen LogP contribution in [0.1, 0.15) is 0 Å². The molecule has 0 fully saturated rings. The molecule has 0 N–H and O–H groups in total. The van der Waals surface area contributed by atoms with E-state index in [9.17, 15) is 4.39 Å². The Hall–Kier alpha value is -1.13. The predicted octanol–water partition coefficient (Wildman–Crippen LogP) is 2.71. The molecule has 0 radical (unpaired) electrons. The number of halogens is 3. The molecule has 0 saturated carbocycles. The van der Waals surface area contributed by atoms with Gasteiger partial charge in [-0.2, -0.15) is 5.10 Å². The highest BCUT2D eigenvalue weighted by atomic mass is 35.5. The molecule has 72 valence electrons. The maximum atomic E-state index is 13.3. The van der Waals surface area contributed by atoms with Crippen LogP contribution in [0.15, 0.2) is 24.7 Å². The fourth-order valence-corrected chi connectivity index (χ4v) is 1.27. The predicted molar refractivity (Wildman–Crippen MR) is 51.3 cm³/mol. The molecule has 0 aliphatic carbocycles. The van der Waals surface area contributed by atoms with Gasteiger partial charge in [0.05, 0.1) is 22.4 Å². The molecule has 3 nitrogen and oxygen atoms in total. The van der Waals surface area contributed by atoms with E-state index in [4.69, 9.17) is 23.2 Å². The maximum Gasteiger partial charge on any atom is 0.189 e. The fourth-order valence-electron chi connectivity index (χ4n) is 0.993. The number of aromatic nitrogens is 3. The first-order valence-electron chi connectivity index (χ1n) is 3.68. The third-order valence-electron chi connectivity index (χ3n) is 1.56. The van der Waals surface area contributed by atoms with Crippen molar-refractivity contribution in [1.82, 2.24) is 14.8 Å². The van der Waals surface area contributed by atoms with Crippen molar-refractivity contribution in [3.05, 3.63) is 40.5 Å². The quantitative estimate of drug-likeness (QED) is 0.756. The summed E-state index contributed by atoms with van der Waals surface area (Å²) in [5, 5.41) is 4.47. The van der Waals surface area contributed by atoms with E-state index in [2.05, 4.69) is 10.1 Å². The van der Waals surface area contributed by atoms with Crippen molar-refractivity contribution < 1.29 is 4.39 Å². The van der Waals surface area contributed by atoms with Crippen LogP contribution in [0.5, 0.6) is 0 Å². The summed E-state index contributed by atoms with van der Waals surface area (Å²) in [6.45, 7) is 0. The molecule has 0 unspecified atom stereocenters. The summed E-state index contributed by atoms with van der Waals surface area (Å²) in [4.78, 5) is 3.80. The number of hydrogen-bond acceptors (Lipinski definition) is 2. The van der Waals surface area contributed by atoms with E-state index in [-0.39, 0.29) is 10.8 Å². The van der Waals surface area contributed by atoms with Gasteiger partial charge in [-0.05, 0) is 6.07 Å². The van der Waals surface area contributed by atoms with E-state index >= 15 is 0 Å². The molecule has 0 bridgehead atoms. The topological polar surface area (TPSA) is 30.7 Å². The summed E-state index contributed by atoms with van der Waals surface area (Å²) in [6, 6.07) is 1.17. The summed E-state index contributed by atoms with van der Waals surface area (Å²) >= 11 is 11.2. The maximum absolute atomic E-state index is 13.3. The van der Waals surface area contributed by atoms with Gasteiger partial charge in [-0.3, -0.25) is 0 Å². The lowest BCUT2D eigenvalue weighted by molar-refractivity contribution is 0.601. The molecule has 0 aliphatic heterocycles. The molecule has 2 rings (SSSR count). The lowest BCUT2D eigenvalue weighted by atomic mass is 10.4. The molecule has 0 saturated heterocycles. The second-order valence-electron chi connectivity index (χ2n) is 2.56. The van der Waals surface area contributed by atoms with Crippen molar-refractivity contribution >= 4 is 23.2 Å². The zero-order valence-electron chi connectivity index (χ0n) is 6.78. The minimum Gasteiger partial charge on any atom is -0.233 e. The highest BCUT2D eigenvalue weighted by Crippen LogP contribution is 2.16. The third kappa shape index (κ3) is 1.71. The van der Waals surface area contributed by atoms with Crippen LogP contribution in [-0.4, -0.2) is 14.8 Å². The summed E-state index contributed by atoms with van der Waals surface area (Å²) < 4.78 is 14.5. The Bertz CT molecular complexity index is 469. The van der Waals surface area contributed by atoms with Crippen molar-refractivity contribution in [1.29, 1.82) is 0 Å². The first-order chi connectivity index (χ1) is 6.66. The third-order valence-corrected chi connectivity index (χ3v) is 1.96. The zero-order valence-corrected chi connectivity index (χ0v) is 8.30. The SMILES string of the molecule is Fc1cc(Cl)cnc1-n1cc(Cl)cn1. The van der Waals surface area contributed by atoms with Crippen LogP contribution >= 0.6 is 23.2 Å². The normalized spacial score (nSPS) is 10.5. The highest BCUT2D eigenvalue weighted by molar-refractivity contribution is 6.30. The second-order valence-corrected chi connectivity index (χ2v) is 3.43. The van der Waals surface area contributed by atoms with Crippen LogP contribution in [0.2, 0.25) is 10.0 Å². The molecular weight excluding hydrogens is 228 g/mol. The molecule has 6 heteroatoms. The van der Waals surface area contributed by atoms with E-state index in [0.29, 0.717) is 5.02 Å². The summed E-state index contributed by atoms with van der Waals surface area (Å²) in [5.74, 6) is -0.474. The van der Waals surface area contributed by atoms with E-state index in [1.54, 1.807) is 0 Å². The first kappa shape index (κ1) is 9.43. The van der Waals surface area contributed by atoms with E-state index in [0.717, 1.165) is 0 Å². The Morgan fingerprint density at radius 1 is 1.21 bits per heavy atom. The van der Waals surface area contributed by atoms with E-state index < -0.39 is 5.82 Å². The molecule has 2 heterocycles. The molecule has 2 aromatic heterocycles. The summed E-state index contributed by atoms with van der Waals surface area (Å²) in [7, 11) is 0. The monoisotopic (exact) mass is 231 g/mol. The first-order valence-corrected chi connectivity index (χ1v) is 4.44. The second kappa shape index (κ2) is 3.55. The average Bonchev–Trinajstić information content (AvgIpc) is 2.51. The van der Waals surface area contributed by atoms with Gasteiger partial charge in [0.2, 0.25) is 0 Å². The van der Waals surface area contributed by atoms with E-state index in [1.807, 2.05) is 0 Å². The Labute approximate surface area is 89.1 Å². The number of nitrogens with zero attached hydrogens (tertiary/aromatic N) is 3. The van der Waals surface area contributed by atoms with Gasteiger partial charge in [-0.1, -0.05) is 23.2 Å². The van der Waals surface area contributed by atoms with Crippen LogP contribution in [0.3, 0.4) is 0 Å². The van der Waals surface area contributed by atoms with Gasteiger partial charge in [0.15, 0.2) is 11.6 Å². The van der Waals surface area contributed by atoms with Gasteiger partial charge in [0.25, 0.3) is 0 Å². The summed E-state index contributed by atoms with van der Waals surface area (Å²) in [5.41, 5.74) is 0. The van der Waals surface area contributed by atoms with Gasteiger partial charge in [0, 0.05) is 6.20 Å². The van der Waals surface area contributed by atoms with Crippen LogP contribution in [-0.2, 0) is 0 Å². The largest absolute Gasteiger partial charge is 0.233 e. The molecule has 0 aromatic carbocycles. The van der Waals surface area contributed by atoms with Crippen LogP contribution in [0, 0.1) is 5.82 Å². The zero-order chi connectivity index (χ0) is 10.1. The Morgan fingerprint density at radius 2 is 2.00 bits per heavy atom. The molecule has 2 aromatic rings. The Balaban J connectivity index is 2.52. The highest BCUT2D eigenvalue weighted by Gasteiger charge is 2.07. The number of rotatable bonds is 1. The van der Waals surface area contributed by atoms with Crippen molar-refractivity contribution in [2.45, 2.75) is 0 Å². The minimum atomic E-state index is -0.544. The smallest absolute Gasteiger partial charge is 0.189 e. The molecule has 0 atom stereocenters. The molecule has 0 aliphatic rings. The lowest BCUT2D eigenvalue weighted by Gasteiger charge is -2.00. The molecule has 14 heavy (non-hydrogen) atoms. The van der Waals surface area contributed by atoms with Crippen molar-refractivity contribution in [2.75, 3.05) is 0 Å². The van der Waals surface area contributed by atoms with E-state index in [1.165, 1.54) is 29.3 Å². The lowest BCUT2D eigenvalue weighted by Crippen LogP contribution is -2.00. The molecular formula is C8H4Cl2FN3. The van der Waals surface area contributed by atoms with Crippen molar-refractivity contribution in [3.63, 3.8) is 0 Å². The van der Waals surface area contributed by atoms with Crippen LogP contribution in [0.4, 0.5) is 4.39 Å². The number of hydrogen-bond donors (Lipinski definition) is 0. The van der Waals surface area contributed by atoms with Gasteiger partial charge < -0.3 is 0 Å². The Kier molecular flexibility index (Phi) is 2.39. The van der Waals surface area contributed by atoms with Gasteiger partial charge in [0.1, 0.15) is 0 Å². The van der Waals surface area contributed by atoms with Crippen molar-refractivity contribution in [3.8, 4) is 5.82 Å². The molecule has 0 spiro atoms. The van der Waals surface area contributed by atoms with Crippen LogP contribution < -0.4 is 0 Å². The summed E-state index contributed by atoms with van der Waals surface area (Å²) in [6.07, 6.45) is 4.20. The molecule has 0 amide bonds. The van der Waals surface area contributed by atoms with Crippen molar-refractivity contribution in [2.24, 2.45) is 0 Å². The standard InChI is InChI=1S/C8H4Cl2FN3/c9-5-1-7(11)8(12-2-5)14-4-6(10)3-13-14/h1-4H.